The average Bonchev–Trinajstić information content (AvgIpc) is 3.30. The smallest absolute Gasteiger partial charge is 0.311 e. The van der Waals surface area contributed by atoms with Crippen LogP contribution in [0.1, 0.15) is 38.4 Å². The van der Waals surface area contributed by atoms with E-state index in [9.17, 15) is 19.2 Å². The van der Waals surface area contributed by atoms with Crippen molar-refractivity contribution in [3.8, 4) is 0 Å². The third-order valence-corrected chi connectivity index (χ3v) is 5.73. The van der Waals surface area contributed by atoms with Crippen LogP contribution in [0.2, 0.25) is 0 Å². The van der Waals surface area contributed by atoms with Gasteiger partial charge in [-0.15, -0.1) is 0 Å². The molecule has 1 saturated carbocycles. The van der Waals surface area contributed by atoms with Crippen LogP contribution in [0, 0.1) is 0 Å². The fourth-order valence-electron chi connectivity index (χ4n) is 4.12. The Kier molecular flexibility index (Phi) is 5.14. The molecule has 2 fully saturated rings. The number of amides is 4. The Hall–Kier alpha value is -3.07. The number of benzene rings is 1. The second kappa shape index (κ2) is 7.75. The fraction of sp³-hybridized carbons (Fsp3) is 0.450. The highest BCUT2D eigenvalue weighted by atomic mass is 16.2. The van der Waals surface area contributed by atoms with Crippen molar-refractivity contribution >= 4 is 28.7 Å². The molecule has 4 rings (SSSR count). The molecule has 0 radical (unpaired) electrons. The quantitative estimate of drug-likeness (QED) is 0.527. The molecule has 1 unspecified atom stereocenters. The van der Waals surface area contributed by atoms with E-state index in [4.69, 9.17) is 0 Å². The predicted octanol–water partition coefficient (Wildman–Crippen LogP) is 0.0188. The largest absolute Gasteiger partial charge is 0.338 e. The minimum atomic E-state index is -0.771. The number of hydrogen-bond acceptors (Lipinski definition) is 5. The van der Waals surface area contributed by atoms with E-state index >= 15 is 0 Å². The highest BCUT2D eigenvalue weighted by Gasteiger charge is 2.49. The van der Waals surface area contributed by atoms with Crippen LogP contribution in [0.3, 0.4) is 0 Å². The number of imide groups is 2. The molecule has 9 heteroatoms. The SMILES string of the molecule is CC[NH+](Cc1nc2ccccc2c(=O)[nH]1)CN1C(=O)C(=O)N(C2CCCC2)C1=O. The van der Waals surface area contributed by atoms with Crippen molar-refractivity contribution in [1.82, 2.24) is 19.8 Å². The summed E-state index contributed by atoms with van der Waals surface area (Å²) in [4.78, 5) is 60.1. The summed E-state index contributed by atoms with van der Waals surface area (Å²) >= 11 is 0. The Morgan fingerprint density at radius 1 is 1.10 bits per heavy atom. The molecule has 9 nitrogen and oxygen atoms in total. The van der Waals surface area contributed by atoms with E-state index < -0.39 is 17.8 Å². The number of aromatic nitrogens is 2. The van der Waals surface area contributed by atoms with Crippen molar-refractivity contribution in [2.45, 2.75) is 45.2 Å². The molecular weight excluding hydrogens is 374 g/mol. The number of carbonyl (C=O) groups excluding carboxylic acids is 3. The molecule has 4 amide bonds. The highest BCUT2D eigenvalue weighted by molar-refractivity contribution is 6.44. The van der Waals surface area contributed by atoms with Crippen molar-refractivity contribution in [3.63, 3.8) is 0 Å². The molecule has 2 heterocycles. The third kappa shape index (κ3) is 3.53. The van der Waals surface area contributed by atoms with Gasteiger partial charge < -0.3 is 9.88 Å². The standard InChI is InChI=1S/C20H23N5O4/c1-2-23(11-16-21-15-10-6-5-9-14(15)17(26)22-16)12-24-18(27)19(28)25(20(24)29)13-7-3-4-8-13/h5-6,9-10,13H,2-4,7-8,11-12H2,1H3,(H,21,22,26)/p+1. The zero-order valence-electron chi connectivity index (χ0n) is 16.3. The molecule has 1 aliphatic carbocycles. The Balaban J connectivity index is 1.52. The van der Waals surface area contributed by atoms with Gasteiger partial charge in [-0.3, -0.25) is 19.3 Å². The van der Waals surface area contributed by atoms with Crippen LogP contribution < -0.4 is 10.5 Å². The molecular formula is C20H24N5O4+. The number of urea groups is 1. The molecule has 1 saturated heterocycles. The normalized spacial score (nSPS) is 19.0. The molecule has 29 heavy (non-hydrogen) atoms. The summed E-state index contributed by atoms with van der Waals surface area (Å²) in [7, 11) is 0. The van der Waals surface area contributed by atoms with Crippen LogP contribution >= 0.6 is 0 Å². The van der Waals surface area contributed by atoms with Gasteiger partial charge in [0, 0.05) is 6.04 Å². The number of nitrogens with zero attached hydrogens (tertiary/aromatic N) is 3. The topological polar surface area (TPSA) is 108 Å². The Morgan fingerprint density at radius 3 is 2.55 bits per heavy atom. The van der Waals surface area contributed by atoms with Crippen molar-refractivity contribution in [2.75, 3.05) is 13.2 Å². The van der Waals surface area contributed by atoms with E-state index in [1.54, 1.807) is 18.2 Å². The molecule has 152 valence electrons. The molecule has 2 aliphatic rings. The molecule has 2 N–H and O–H groups in total. The van der Waals surface area contributed by atoms with E-state index in [1.807, 2.05) is 13.0 Å². The minimum Gasteiger partial charge on any atom is -0.311 e. The summed E-state index contributed by atoms with van der Waals surface area (Å²) in [6.07, 6.45) is 3.43. The van der Waals surface area contributed by atoms with Gasteiger partial charge in [-0.05, 0) is 31.9 Å². The van der Waals surface area contributed by atoms with Crippen LogP contribution in [0.15, 0.2) is 29.1 Å². The summed E-state index contributed by atoms with van der Waals surface area (Å²) in [6.45, 7) is 2.88. The second-order valence-electron chi connectivity index (χ2n) is 7.60. The van der Waals surface area contributed by atoms with Gasteiger partial charge in [0.1, 0.15) is 6.54 Å². The molecule has 1 aromatic carbocycles. The Bertz CT molecular complexity index is 1030. The zero-order chi connectivity index (χ0) is 20.5. The van der Waals surface area contributed by atoms with E-state index in [-0.39, 0.29) is 18.3 Å². The predicted molar refractivity (Wildman–Crippen MR) is 104 cm³/mol. The summed E-state index contributed by atoms with van der Waals surface area (Å²) in [5.74, 6) is -1.02. The molecule has 1 atom stereocenters. The van der Waals surface area contributed by atoms with Gasteiger partial charge in [-0.1, -0.05) is 25.0 Å². The van der Waals surface area contributed by atoms with Gasteiger partial charge in [-0.2, -0.15) is 0 Å². The van der Waals surface area contributed by atoms with Crippen LogP contribution in [0.25, 0.3) is 10.9 Å². The molecule has 1 aromatic heterocycles. The summed E-state index contributed by atoms with van der Waals surface area (Å²) in [6, 6.07) is 6.37. The van der Waals surface area contributed by atoms with Gasteiger partial charge in [0.15, 0.2) is 12.5 Å². The summed E-state index contributed by atoms with van der Waals surface area (Å²) < 4.78 is 0. The highest BCUT2D eigenvalue weighted by Crippen LogP contribution is 2.27. The average molecular weight is 398 g/mol. The Labute approximate surface area is 167 Å². The number of H-pyrrole nitrogens is 1. The number of aromatic amines is 1. The summed E-state index contributed by atoms with van der Waals surface area (Å²) in [5, 5.41) is 0.511. The lowest BCUT2D eigenvalue weighted by atomic mass is 10.2. The molecule has 0 bridgehead atoms. The third-order valence-electron chi connectivity index (χ3n) is 5.73. The van der Waals surface area contributed by atoms with Crippen LogP contribution in [0.5, 0.6) is 0 Å². The van der Waals surface area contributed by atoms with Crippen LogP contribution in [-0.4, -0.2) is 56.9 Å². The number of carbonyl (C=O) groups is 3. The molecule has 0 spiro atoms. The second-order valence-corrected chi connectivity index (χ2v) is 7.60. The van der Waals surface area contributed by atoms with Gasteiger partial charge in [0.05, 0.1) is 17.4 Å². The monoisotopic (exact) mass is 398 g/mol. The number of para-hydroxylation sites is 1. The van der Waals surface area contributed by atoms with E-state index in [0.717, 1.165) is 40.4 Å². The minimum absolute atomic E-state index is 0.0552. The zero-order valence-corrected chi connectivity index (χ0v) is 16.3. The van der Waals surface area contributed by atoms with Gasteiger partial charge in [0.2, 0.25) is 0 Å². The first-order valence-electron chi connectivity index (χ1n) is 10.00. The number of quaternary nitrogens is 1. The number of rotatable bonds is 6. The van der Waals surface area contributed by atoms with Crippen molar-refractivity contribution < 1.29 is 19.3 Å². The van der Waals surface area contributed by atoms with Gasteiger partial charge in [-0.25, -0.2) is 14.7 Å². The maximum Gasteiger partial charge on any atom is 0.338 e. The maximum atomic E-state index is 12.8. The lowest BCUT2D eigenvalue weighted by Gasteiger charge is -2.23. The van der Waals surface area contributed by atoms with Crippen molar-refractivity contribution in [2.24, 2.45) is 0 Å². The number of nitrogens with one attached hydrogen (secondary N) is 2. The van der Waals surface area contributed by atoms with Crippen molar-refractivity contribution in [1.29, 1.82) is 0 Å². The molecule has 1 aliphatic heterocycles. The fourth-order valence-corrected chi connectivity index (χ4v) is 4.12. The van der Waals surface area contributed by atoms with Crippen molar-refractivity contribution in [3.05, 3.63) is 40.4 Å². The lowest BCUT2D eigenvalue weighted by molar-refractivity contribution is -0.919. The molecule has 2 aromatic rings. The van der Waals surface area contributed by atoms with E-state index in [1.165, 1.54) is 0 Å². The maximum absolute atomic E-state index is 12.8. The van der Waals surface area contributed by atoms with E-state index in [2.05, 4.69) is 9.97 Å². The van der Waals surface area contributed by atoms with Gasteiger partial charge in [0.25, 0.3) is 5.56 Å². The van der Waals surface area contributed by atoms with Crippen LogP contribution in [0.4, 0.5) is 4.79 Å². The summed E-state index contributed by atoms with van der Waals surface area (Å²) in [5.41, 5.74) is 0.370. The van der Waals surface area contributed by atoms with Gasteiger partial charge >= 0.3 is 17.8 Å². The first-order chi connectivity index (χ1) is 14.0. The number of fused-ring (bicyclic) bond motifs is 1. The first-order valence-corrected chi connectivity index (χ1v) is 10.00. The number of hydrogen-bond donors (Lipinski definition) is 2. The van der Waals surface area contributed by atoms with E-state index in [0.29, 0.717) is 29.8 Å². The lowest BCUT2D eigenvalue weighted by Crippen LogP contribution is -3.12. The van der Waals surface area contributed by atoms with Crippen LogP contribution in [-0.2, 0) is 16.1 Å². The Morgan fingerprint density at radius 2 is 1.83 bits per heavy atom. The first kappa shape index (κ1) is 19.3.